The van der Waals surface area contributed by atoms with Gasteiger partial charge in [0.15, 0.2) is 0 Å². The molecule has 0 radical (unpaired) electrons. The summed E-state index contributed by atoms with van der Waals surface area (Å²) in [4.78, 5) is 0. The summed E-state index contributed by atoms with van der Waals surface area (Å²) in [6, 6.07) is 8.65. The molecule has 0 saturated carbocycles. The van der Waals surface area contributed by atoms with E-state index in [0.717, 1.165) is 37.2 Å². The van der Waals surface area contributed by atoms with Crippen LogP contribution in [0.5, 0.6) is 0 Å². The van der Waals surface area contributed by atoms with Gasteiger partial charge in [-0.05, 0) is 49.4 Å². The van der Waals surface area contributed by atoms with E-state index >= 15 is 0 Å². The van der Waals surface area contributed by atoms with Crippen LogP contribution in [0.1, 0.15) is 38.7 Å². The molecule has 2 nitrogen and oxygen atoms in total. The molecular weight excluding hydrogens is 302 g/mol. The summed E-state index contributed by atoms with van der Waals surface area (Å²) in [6.45, 7) is 10.2. The van der Waals surface area contributed by atoms with Crippen LogP contribution in [-0.2, 0) is 4.74 Å². The Labute approximate surface area is 126 Å². The van der Waals surface area contributed by atoms with E-state index in [1.165, 1.54) is 5.56 Å². The molecule has 0 aliphatic carbocycles. The largest absolute Gasteiger partial charge is 0.382 e. The van der Waals surface area contributed by atoms with Crippen molar-refractivity contribution in [1.29, 1.82) is 0 Å². The molecule has 1 aromatic carbocycles. The highest BCUT2D eigenvalue weighted by Gasteiger charge is 2.11. The maximum atomic E-state index is 5.50. The highest BCUT2D eigenvalue weighted by Crippen LogP contribution is 2.21. The van der Waals surface area contributed by atoms with E-state index < -0.39 is 0 Å². The minimum absolute atomic E-state index is 0.526. The number of halogens is 1. The Hall–Kier alpha value is -0.380. The summed E-state index contributed by atoms with van der Waals surface area (Å²) in [7, 11) is 0. The fourth-order valence-electron chi connectivity index (χ4n) is 2.04. The molecular formula is C16H26BrNO. The second-order valence-corrected chi connectivity index (χ2v) is 6.20. The standard InChI is InChI=1S/C16H26BrNO/c1-4-19-10-9-15(12-18-11-13(2)3)14-5-7-16(17)8-6-14/h5-8,13,15,18H,4,9-12H2,1-3H3. The van der Waals surface area contributed by atoms with Gasteiger partial charge in [-0.1, -0.05) is 41.9 Å². The molecule has 1 rings (SSSR count). The average Bonchev–Trinajstić information content (AvgIpc) is 2.38. The molecule has 0 saturated heterocycles. The quantitative estimate of drug-likeness (QED) is 0.686. The summed E-state index contributed by atoms with van der Waals surface area (Å²) in [5.74, 6) is 1.22. The summed E-state index contributed by atoms with van der Waals surface area (Å²) in [5.41, 5.74) is 1.39. The van der Waals surface area contributed by atoms with Gasteiger partial charge < -0.3 is 10.1 Å². The van der Waals surface area contributed by atoms with Gasteiger partial charge >= 0.3 is 0 Å². The van der Waals surface area contributed by atoms with Crippen molar-refractivity contribution in [2.75, 3.05) is 26.3 Å². The minimum atomic E-state index is 0.526. The van der Waals surface area contributed by atoms with Crippen LogP contribution in [0.25, 0.3) is 0 Å². The molecule has 0 aromatic heterocycles. The van der Waals surface area contributed by atoms with Gasteiger partial charge in [0.25, 0.3) is 0 Å². The van der Waals surface area contributed by atoms with Crippen molar-refractivity contribution in [3.05, 3.63) is 34.3 Å². The lowest BCUT2D eigenvalue weighted by atomic mass is 9.96. The number of hydrogen-bond acceptors (Lipinski definition) is 2. The number of benzene rings is 1. The molecule has 0 spiro atoms. The van der Waals surface area contributed by atoms with E-state index in [0.29, 0.717) is 11.8 Å². The third-order valence-corrected chi connectivity index (χ3v) is 3.63. The van der Waals surface area contributed by atoms with Gasteiger partial charge in [-0.25, -0.2) is 0 Å². The van der Waals surface area contributed by atoms with Crippen LogP contribution in [0, 0.1) is 5.92 Å². The Morgan fingerprint density at radius 1 is 1.16 bits per heavy atom. The lowest BCUT2D eigenvalue weighted by molar-refractivity contribution is 0.139. The normalized spacial score (nSPS) is 12.9. The fraction of sp³-hybridized carbons (Fsp3) is 0.625. The van der Waals surface area contributed by atoms with Gasteiger partial charge in [-0.3, -0.25) is 0 Å². The number of nitrogens with one attached hydrogen (secondary N) is 1. The van der Waals surface area contributed by atoms with Crippen molar-refractivity contribution < 1.29 is 4.74 Å². The molecule has 108 valence electrons. The van der Waals surface area contributed by atoms with E-state index in [9.17, 15) is 0 Å². The van der Waals surface area contributed by atoms with Crippen molar-refractivity contribution in [2.24, 2.45) is 5.92 Å². The fourth-order valence-corrected chi connectivity index (χ4v) is 2.30. The molecule has 1 unspecified atom stereocenters. The van der Waals surface area contributed by atoms with Gasteiger partial charge in [-0.2, -0.15) is 0 Å². The number of rotatable bonds is 9. The zero-order valence-corrected chi connectivity index (χ0v) is 13.9. The highest BCUT2D eigenvalue weighted by molar-refractivity contribution is 9.10. The topological polar surface area (TPSA) is 21.3 Å². The summed E-state index contributed by atoms with van der Waals surface area (Å²) in [6.07, 6.45) is 1.07. The van der Waals surface area contributed by atoms with Crippen molar-refractivity contribution in [2.45, 2.75) is 33.1 Å². The molecule has 3 heteroatoms. The molecule has 0 fully saturated rings. The van der Waals surface area contributed by atoms with Crippen LogP contribution < -0.4 is 5.32 Å². The van der Waals surface area contributed by atoms with E-state index in [1.54, 1.807) is 0 Å². The predicted octanol–water partition coefficient (Wildman–Crippen LogP) is 4.20. The third kappa shape index (κ3) is 7.09. The van der Waals surface area contributed by atoms with Crippen LogP contribution in [0.3, 0.4) is 0 Å². The maximum Gasteiger partial charge on any atom is 0.0472 e. The first-order chi connectivity index (χ1) is 9.13. The molecule has 0 aliphatic heterocycles. The van der Waals surface area contributed by atoms with E-state index in [-0.39, 0.29) is 0 Å². The van der Waals surface area contributed by atoms with Crippen molar-refractivity contribution in [1.82, 2.24) is 5.32 Å². The van der Waals surface area contributed by atoms with E-state index in [1.807, 2.05) is 6.92 Å². The van der Waals surface area contributed by atoms with Crippen LogP contribution in [-0.4, -0.2) is 26.3 Å². The van der Waals surface area contributed by atoms with Crippen molar-refractivity contribution >= 4 is 15.9 Å². The van der Waals surface area contributed by atoms with Gasteiger partial charge in [0.05, 0.1) is 0 Å². The van der Waals surface area contributed by atoms with Crippen LogP contribution in [0.15, 0.2) is 28.7 Å². The first-order valence-electron chi connectivity index (χ1n) is 7.17. The SMILES string of the molecule is CCOCCC(CNCC(C)C)c1ccc(Br)cc1. The van der Waals surface area contributed by atoms with Crippen molar-refractivity contribution in [3.8, 4) is 0 Å². The Kier molecular flexibility index (Phi) is 8.35. The van der Waals surface area contributed by atoms with Crippen molar-refractivity contribution in [3.63, 3.8) is 0 Å². The van der Waals surface area contributed by atoms with Gasteiger partial charge in [0.2, 0.25) is 0 Å². The second-order valence-electron chi connectivity index (χ2n) is 5.29. The maximum absolute atomic E-state index is 5.50. The number of hydrogen-bond donors (Lipinski definition) is 1. The first-order valence-corrected chi connectivity index (χ1v) is 7.96. The van der Waals surface area contributed by atoms with Gasteiger partial charge in [-0.15, -0.1) is 0 Å². The second kappa shape index (κ2) is 9.51. The zero-order valence-electron chi connectivity index (χ0n) is 12.3. The minimum Gasteiger partial charge on any atom is -0.382 e. The highest BCUT2D eigenvalue weighted by atomic mass is 79.9. The van der Waals surface area contributed by atoms with Gasteiger partial charge in [0.1, 0.15) is 0 Å². The third-order valence-electron chi connectivity index (χ3n) is 3.10. The molecule has 0 aliphatic rings. The molecule has 1 atom stereocenters. The molecule has 0 bridgehead atoms. The Morgan fingerprint density at radius 3 is 2.42 bits per heavy atom. The lowest BCUT2D eigenvalue weighted by Gasteiger charge is -2.19. The summed E-state index contributed by atoms with van der Waals surface area (Å²) >= 11 is 3.49. The molecule has 1 N–H and O–H groups in total. The summed E-state index contributed by atoms with van der Waals surface area (Å²) in [5, 5.41) is 3.56. The first kappa shape index (κ1) is 16.7. The van der Waals surface area contributed by atoms with E-state index in [2.05, 4.69) is 59.4 Å². The van der Waals surface area contributed by atoms with Crippen LogP contribution in [0.4, 0.5) is 0 Å². The van der Waals surface area contributed by atoms with Gasteiger partial charge in [0, 0.05) is 24.2 Å². The smallest absolute Gasteiger partial charge is 0.0472 e. The molecule has 0 amide bonds. The summed E-state index contributed by atoms with van der Waals surface area (Å²) < 4.78 is 6.63. The Morgan fingerprint density at radius 2 is 1.84 bits per heavy atom. The molecule has 0 heterocycles. The molecule has 19 heavy (non-hydrogen) atoms. The average molecular weight is 328 g/mol. The predicted molar refractivity (Wildman–Crippen MR) is 85.7 cm³/mol. The Bertz CT molecular complexity index is 337. The van der Waals surface area contributed by atoms with Crippen LogP contribution >= 0.6 is 15.9 Å². The van der Waals surface area contributed by atoms with Crippen LogP contribution in [0.2, 0.25) is 0 Å². The Balaban J connectivity index is 2.54. The van der Waals surface area contributed by atoms with E-state index in [4.69, 9.17) is 4.74 Å². The monoisotopic (exact) mass is 327 g/mol. The lowest BCUT2D eigenvalue weighted by Crippen LogP contribution is -2.26. The molecule has 1 aromatic rings. The zero-order chi connectivity index (χ0) is 14.1. The number of ether oxygens (including phenoxy) is 1.